The molecule has 0 unspecified atom stereocenters. The Morgan fingerprint density at radius 2 is 1.83 bits per heavy atom. The summed E-state index contributed by atoms with van der Waals surface area (Å²) in [7, 11) is 2.10. The largest absolute Gasteiger partial charge is 0.493 e. The van der Waals surface area contributed by atoms with Crippen molar-refractivity contribution in [3.8, 4) is 5.88 Å². The molecule has 156 valence electrons. The standard InChI is InChI=1S/C21H21Cl2N5O2/c1-26-8-10-27(11-9-26)13-28-18-5-3-2-4-16(18)19(21(28)30)24-25-20(29)15-7-6-14(22)12-17(15)23/h2-7,12,30H,8-11,13H2,1H3. The minimum absolute atomic E-state index is 0.0196. The van der Waals surface area contributed by atoms with E-state index in [1.165, 1.54) is 12.1 Å². The van der Waals surface area contributed by atoms with Gasteiger partial charge in [-0.1, -0.05) is 41.4 Å². The molecule has 3 aromatic rings. The lowest BCUT2D eigenvalue weighted by Crippen LogP contribution is -2.44. The predicted octanol–water partition coefficient (Wildman–Crippen LogP) is 4.78. The summed E-state index contributed by atoms with van der Waals surface area (Å²) in [4.78, 5) is 17.0. The van der Waals surface area contributed by atoms with E-state index in [1.807, 2.05) is 24.3 Å². The number of aromatic hydroxyl groups is 1. The Labute approximate surface area is 184 Å². The molecule has 0 atom stereocenters. The van der Waals surface area contributed by atoms with Crippen molar-refractivity contribution in [3.05, 3.63) is 58.1 Å². The highest BCUT2D eigenvalue weighted by molar-refractivity contribution is 6.36. The van der Waals surface area contributed by atoms with Crippen molar-refractivity contribution >= 4 is 45.7 Å². The first-order chi connectivity index (χ1) is 14.4. The van der Waals surface area contributed by atoms with E-state index in [0.717, 1.165) is 37.1 Å². The van der Waals surface area contributed by atoms with Crippen LogP contribution in [0.3, 0.4) is 0 Å². The predicted molar refractivity (Wildman–Crippen MR) is 118 cm³/mol. The van der Waals surface area contributed by atoms with Crippen molar-refractivity contribution in [2.45, 2.75) is 6.67 Å². The van der Waals surface area contributed by atoms with Crippen LogP contribution in [0.15, 0.2) is 52.7 Å². The molecule has 0 spiro atoms. The van der Waals surface area contributed by atoms with Crippen LogP contribution >= 0.6 is 23.2 Å². The van der Waals surface area contributed by atoms with Gasteiger partial charge >= 0.3 is 0 Å². The molecule has 1 aliphatic heterocycles. The highest BCUT2D eigenvalue weighted by Gasteiger charge is 2.21. The molecule has 0 radical (unpaired) electrons. The Bertz CT molecular complexity index is 1120. The van der Waals surface area contributed by atoms with Crippen molar-refractivity contribution in [1.29, 1.82) is 0 Å². The summed E-state index contributed by atoms with van der Waals surface area (Å²) in [6, 6.07) is 12.1. The van der Waals surface area contributed by atoms with Gasteiger partial charge in [0.25, 0.3) is 5.91 Å². The number of likely N-dealkylation sites (N-methyl/N-ethyl adjacent to an activating group) is 1. The molecule has 2 aromatic carbocycles. The van der Waals surface area contributed by atoms with Crippen LogP contribution in [0.25, 0.3) is 10.9 Å². The third-order valence-corrected chi connectivity index (χ3v) is 5.80. The number of amides is 1. The Morgan fingerprint density at radius 1 is 1.10 bits per heavy atom. The lowest BCUT2D eigenvalue weighted by Gasteiger charge is -2.32. The molecular formula is C21H21Cl2N5O2. The van der Waals surface area contributed by atoms with E-state index in [4.69, 9.17) is 23.2 Å². The molecule has 1 N–H and O–H groups in total. The minimum atomic E-state index is -0.605. The van der Waals surface area contributed by atoms with Crippen LogP contribution in [0.1, 0.15) is 10.4 Å². The van der Waals surface area contributed by atoms with Crippen molar-refractivity contribution in [1.82, 2.24) is 14.4 Å². The number of carbonyl (C=O) groups excluding carboxylic acids is 1. The van der Waals surface area contributed by atoms with Gasteiger partial charge in [0, 0.05) is 36.6 Å². The molecule has 4 rings (SSSR count). The fourth-order valence-electron chi connectivity index (χ4n) is 3.51. The summed E-state index contributed by atoms with van der Waals surface area (Å²) >= 11 is 12.0. The molecule has 0 aliphatic carbocycles. The average Bonchev–Trinajstić information content (AvgIpc) is 2.99. The van der Waals surface area contributed by atoms with Gasteiger partial charge in [0.15, 0.2) is 5.69 Å². The van der Waals surface area contributed by atoms with E-state index < -0.39 is 5.91 Å². The first kappa shape index (κ1) is 20.8. The van der Waals surface area contributed by atoms with E-state index in [2.05, 4.69) is 27.1 Å². The number of hydrogen-bond acceptors (Lipinski definition) is 5. The summed E-state index contributed by atoms with van der Waals surface area (Å²) < 4.78 is 1.80. The Balaban J connectivity index is 1.65. The van der Waals surface area contributed by atoms with Crippen LogP contribution in [0, 0.1) is 0 Å². The number of rotatable bonds is 4. The second kappa shape index (κ2) is 8.73. The third-order valence-electron chi connectivity index (χ3n) is 5.26. The topological polar surface area (TPSA) is 73.4 Å². The first-order valence-electron chi connectivity index (χ1n) is 9.56. The number of benzene rings is 2. The fourth-order valence-corrected chi connectivity index (χ4v) is 4.00. The molecule has 1 fully saturated rings. The number of piperazine rings is 1. The van der Waals surface area contributed by atoms with E-state index in [-0.39, 0.29) is 22.2 Å². The number of carbonyl (C=O) groups is 1. The maximum absolute atomic E-state index is 12.5. The lowest BCUT2D eigenvalue weighted by atomic mass is 10.2. The number of fused-ring (bicyclic) bond motifs is 1. The number of azo groups is 1. The molecule has 7 nitrogen and oxygen atoms in total. The van der Waals surface area contributed by atoms with Crippen LogP contribution < -0.4 is 0 Å². The Hall–Kier alpha value is -2.45. The molecule has 0 saturated carbocycles. The van der Waals surface area contributed by atoms with E-state index in [9.17, 15) is 9.90 Å². The number of aromatic nitrogens is 1. The second-order valence-electron chi connectivity index (χ2n) is 7.31. The van der Waals surface area contributed by atoms with Gasteiger partial charge < -0.3 is 10.0 Å². The summed E-state index contributed by atoms with van der Waals surface area (Å²) in [6.45, 7) is 4.30. The van der Waals surface area contributed by atoms with Crippen LogP contribution in [0.4, 0.5) is 5.69 Å². The number of halogens is 2. The molecule has 1 amide bonds. The van der Waals surface area contributed by atoms with Gasteiger partial charge in [-0.25, -0.2) is 0 Å². The monoisotopic (exact) mass is 445 g/mol. The van der Waals surface area contributed by atoms with Crippen molar-refractivity contribution in [2.24, 2.45) is 10.2 Å². The van der Waals surface area contributed by atoms with Gasteiger partial charge in [-0.2, -0.15) is 0 Å². The van der Waals surface area contributed by atoms with Gasteiger partial charge in [0.05, 0.1) is 22.8 Å². The SMILES string of the molecule is CN1CCN(Cn2c(O)c(N=NC(=O)c3ccc(Cl)cc3Cl)c3ccccc32)CC1. The molecule has 1 saturated heterocycles. The van der Waals surface area contributed by atoms with Crippen molar-refractivity contribution < 1.29 is 9.90 Å². The third kappa shape index (κ3) is 4.20. The Kier molecular flexibility index (Phi) is 6.06. The molecule has 1 aromatic heterocycles. The smallest absolute Gasteiger partial charge is 0.296 e. The second-order valence-corrected chi connectivity index (χ2v) is 8.15. The summed E-state index contributed by atoms with van der Waals surface area (Å²) in [5.41, 5.74) is 1.29. The molecule has 2 heterocycles. The van der Waals surface area contributed by atoms with Crippen LogP contribution in [-0.4, -0.2) is 58.6 Å². The van der Waals surface area contributed by atoms with Crippen molar-refractivity contribution in [2.75, 3.05) is 33.2 Å². The zero-order chi connectivity index (χ0) is 21.3. The zero-order valence-corrected chi connectivity index (χ0v) is 17.9. The molecule has 1 aliphatic rings. The first-order valence-corrected chi connectivity index (χ1v) is 10.3. The van der Waals surface area contributed by atoms with Gasteiger partial charge in [0.2, 0.25) is 5.88 Å². The lowest BCUT2D eigenvalue weighted by molar-refractivity contribution is 0.0995. The van der Waals surface area contributed by atoms with E-state index >= 15 is 0 Å². The minimum Gasteiger partial charge on any atom is -0.493 e. The molecule has 0 bridgehead atoms. The quantitative estimate of drug-likeness (QED) is 0.586. The van der Waals surface area contributed by atoms with Crippen LogP contribution in [-0.2, 0) is 6.67 Å². The van der Waals surface area contributed by atoms with Crippen LogP contribution in [0.2, 0.25) is 10.0 Å². The summed E-state index contributed by atoms with van der Waals surface area (Å²) in [6.07, 6.45) is 0. The van der Waals surface area contributed by atoms with Crippen LogP contribution in [0.5, 0.6) is 5.88 Å². The van der Waals surface area contributed by atoms with Gasteiger partial charge in [-0.15, -0.1) is 10.2 Å². The summed E-state index contributed by atoms with van der Waals surface area (Å²) in [5, 5.41) is 20.1. The van der Waals surface area contributed by atoms with Gasteiger partial charge in [-0.3, -0.25) is 14.3 Å². The van der Waals surface area contributed by atoms with E-state index in [1.54, 1.807) is 10.6 Å². The fraction of sp³-hybridized carbons (Fsp3) is 0.286. The average molecular weight is 446 g/mol. The molecular weight excluding hydrogens is 425 g/mol. The van der Waals surface area contributed by atoms with Crippen molar-refractivity contribution in [3.63, 3.8) is 0 Å². The maximum Gasteiger partial charge on any atom is 0.296 e. The molecule has 9 heteroatoms. The highest BCUT2D eigenvalue weighted by Crippen LogP contribution is 2.39. The number of nitrogens with zero attached hydrogens (tertiary/aromatic N) is 5. The van der Waals surface area contributed by atoms with Gasteiger partial charge in [0.1, 0.15) is 0 Å². The highest BCUT2D eigenvalue weighted by atomic mass is 35.5. The Morgan fingerprint density at radius 3 is 2.57 bits per heavy atom. The zero-order valence-electron chi connectivity index (χ0n) is 16.4. The number of para-hydroxylation sites is 1. The van der Waals surface area contributed by atoms with Gasteiger partial charge in [-0.05, 0) is 31.3 Å². The number of hydrogen-bond donors (Lipinski definition) is 1. The molecule has 30 heavy (non-hydrogen) atoms. The maximum atomic E-state index is 12.5. The normalized spacial score (nSPS) is 16.0. The summed E-state index contributed by atoms with van der Waals surface area (Å²) in [5.74, 6) is -0.624. The van der Waals surface area contributed by atoms with E-state index in [0.29, 0.717) is 11.7 Å².